The molecule has 0 rings (SSSR count). The van der Waals surface area contributed by atoms with Crippen LogP contribution in [0.3, 0.4) is 0 Å². The summed E-state index contributed by atoms with van der Waals surface area (Å²) in [5.74, 6) is 0.774. The summed E-state index contributed by atoms with van der Waals surface area (Å²) in [6, 6.07) is 0. The van der Waals surface area contributed by atoms with Gasteiger partial charge in [0.15, 0.2) is 12.2 Å². The van der Waals surface area contributed by atoms with E-state index in [1.807, 2.05) is 0 Å². The van der Waals surface area contributed by atoms with Gasteiger partial charge < -0.3 is 33.8 Å². The summed E-state index contributed by atoms with van der Waals surface area (Å²) in [6.45, 7) is 14.0. The lowest BCUT2D eigenvalue weighted by molar-refractivity contribution is -0.161. The van der Waals surface area contributed by atoms with Crippen LogP contribution in [0.15, 0.2) is 0 Å². The predicted octanol–water partition coefficient (Wildman–Crippen LogP) is 19.3. The van der Waals surface area contributed by atoms with Gasteiger partial charge in [-0.15, -0.1) is 0 Å². The molecule has 0 amide bonds. The lowest BCUT2D eigenvalue weighted by atomic mass is 10.0. The van der Waals surface area contributed by atoms with Crippen LogP contribution in [0.1, 0.15) is 338 Å². The summed E-state index contributed by atoms with van der Waals surface area (Å²) >= 11 is 0. The van der Waals surface area contributed by atoms with Crippen LogP contribution >= 0.6 is 15.6 Å². The first-order valence-corrected chi connectivity index (χ1v) is 38.7. The monoisotopic (exact) mass is 1300 g/mol. The van der Waals surface area contributed by atoms with E-state index in [0.29, 0.717) is 43.4 Å². The Balaban J connectivity index is 5.20. The van der Waals surface area contributed by atoms with E-state index in [-0.39, 0.29) is 25.7 Å². The molecule has 0 spiro atoms. The van der Waals surface area contributed by atoms with Gasteiger partial charge >= 0.3 is 39.5 Å². The maximum Gasteiger partial charge on any atom is 0.472 e. The number of aliphatic hydroxyl groups is 1. The van der Waals surface area contributed by atoms with Crippen molar-refractivity contribution in [1.29, 1.82) is 0 Å². The Bertz CT molecular complexity index is 1750. The SMILES string of the molecule is CC(C)CCCCCCCCCCCCCCCCCC(=O)O[C@H](COC(=O)CCCCCCCCCC(C)C)COP(=O)(O)OCC(O)COP(=O)(O)OC[C@@H](COC(=O)CCCCCCCCCC(C)C)OC(=O)CCCCCCCCCC(C)C. The van der Waals surface area contributed by atoms with Crippen LogP contribution in [0.5, 0.6) is 0 Å². The molecule has 0 saturated heterocycles. The van der Waals surface area contributed by atoms with E-state index in [9.17, 15) is 43.2 Å². The molecule has 19 heteroatoms. The Morgan fingerprint density at radius 2 is 0.477 bits per heavy atom. The topological polar surface area (TPSA) is 237 Å². The maximum absolute atomic E-state index is 13.0. The third-order valence-electron chi connectivity index (χ3n) is 15.8. The first-order valence-electron chi connectivity index (χ1n) is 35.7. The Morgan fingerprint density at radius 1 is 0.284 bits per heavy atom. The van der Waals surface area contributed by atoms with Crippen LogP contribution < -0.4 is 0 Å². The fourth-order valence-corrected chi connectivity index (χ4v) is 11.9. The summed E-state index contributed by atoms with van der Waals surface area (Å²) in [4.78, 5) is 72.4. The Morgan fingerprint density at radius 3 is 0.705 bits per heavy atom. The van der Waals surface area contributed by atoms with Gasteiger partial charge in [0.05, 0.1) is 26.4 Å². The number of carbonyl (C=O) groups excluding carboxylic acids is 4. The molecule has 0 aromatic rings. The third-order valence-corrected chi connectivity index (χ3v) is 17.7. The molecule has 0 saturated carbocycles. The Labute approximate surface area is 537 Å². The fraction of sp³-hybridized carbons (Fsp3) is 0.942. The van der Waals surface area contributed by atoms with Gasteiger partial charge in [-0.05, 0) is 49.4 Å². The zero-order valence-electron chi connectivity index (χ0n) is 57.3. The van der Waals surface area contributed by atoms with E-state index in [0.717, 1.165) is 109 Å². The molecule has 0 aromatic carbocycles. The van der Waals surface area contributed by atoms with Crippen LogP contribution in [-0.2, 0) is 65.4 Å². The number of carbonyl (C=O) groups is 4. The van der Waals surface area contributed by atoms with Crippen molar-refractivity contribution in [2.45, 2.75) is 356 Å². The molecule has 0 aromatic heterocycles. The zero-order valence-corrected chi connectivity index (χ0v) is 59.1. The summed E-state index contributed by atoms with van der Waals surface area (Å²) in [5, 5.41) is 10.6. The number of esters is 4. The molecule has 522 valence electrons. The van der Waals surface area contributed by atoms with Gasteiger partial charge in [0.2, 0.25) is 0 Å². The molecule has 0 aliphatic rings. The fourth-order valence-electron chi connectivity index (χ4n) is 10.3. The minimum atomic E-state index is -4.95. The largest absolute Gasteiger partial charge is 0.472 e. The van der Waals surface area contributed by atoms with E-state index in [2.05, 4.69) is 55.4 Å². The average molecular weight is 1300 g/mol. The molecule has 0 bridgehead atoms. The van der Waals surface area contributed by atoms with Gasteiger partial charge in [0, 0.05) is 25.7 Å². The average Bonchev–Trinajstić information content (AvgIpc) is 3.53. The molecular formula is C69H134O17P2. The second-order valence-electron chi connectivity index (χ2n) is 26.8. The Hall–Kier alpha value is -1.94. The molecule has 0 aliphatic heterocycles. The van der Waals surface area contributed by atoms with E-state index in [1.165, 1.54) is 128 Å². The van der Waals surface area contributed by atoms with Crippen LogP contribution in [0.4, 0.5) is 0 Å². The summed E-state index contributed by atoms with van der Waals surface area (Å²) in [6.07, 6.45) is 40.6. The van der Waals surface area contributed by atoms with E-state index in [1.54, 1.807) is 0 Å². The predicted molar refractivity (Wildman–Crippen MR) is 354 cm³/mol. The van der Waals surface area contributed by atoms with Gasteiger partial charge in [-0.2, -0.15) is 0 Å². The highest BCUT2D eigenvalue weighted by molar-refractivity contribution is 7.47. The first kappa shape index (κ1) is 86.1. The smallest absolute Gasteiger partial charge is 0.462 e. The van der Waals surface area contributed by atoms with E-state index in [4.69, 9.17) is 37.0 Å². The van der Waals surface area contributed by atoms with Crippen molar-refractivity contribution in [3.63, 3.8) is 0 Å². The summed E-state index contributed by atoms with van der Waals surface area (Å²) in [7, 11) is -9.90. The van der Waals surface area contributed by atoms with Crippen molar-refractivity contribution in [1.82, 2.24) is 0 Å². The Kier molecular flexibility index (Phi) is 57.6. The molecule has 3 N–H and O–H groups in total. The normalized spacial score (nSPS) is 14.3. The quantitative estimate of drug-likeness (QED) is 0.0222. The number of aliphatic hydroxyl groups excluding tert-OH is 1. The minimum absolute atomic E-state index is 0.102. The minimum Gasteiger partial charge on any atom is -0.462 e. The zero-order chi connectivity index (χ0) is 65.4. The van der Waals surface area contributed by atoms with Crippen molar-refractivity contribution in [2.24, 2.45) is 23.7 Å². The second kappa shape index (κ2) is 58.8. The number of unbranched alkanes of at least 4 members (excludes halogenated alkanes) is 32. The van der Waals surface area contributed by atoms with Gasteiger partial charge in [-0.1, -0.05) is 287 Å². The molecule has 3 unspecified atom stereocenters. The number of rotatable bonds is 66. The molecule has 0 heterocycles. The van der Waals surface area contributed by atoms with Crippen molar-refractivity contribution >= 4 is 39.5 Å². The highest BCUT2D eigenvalue weighted by Crippen LogP contribution is 2.45. The molecule has 5 atom stereocenters. The third kappa shape index (κ3) is 62.8. The molecular weight excluding hydrogens is 1160 g/mol. The lowest BCUT2D eigenvalue weighted by Gasteiger charge is -2.21. The number of phosphoric ester groups is 2. The van der Waals surface area contributed by atoms with Gasteiger partial charge in [-0.3, -0.25) is 37.3 Å². The summed E-state index contributed by atoms with van der Waals surface area (Å²) in [5.41, 5.74) is 0. The van der Waals surface area contributed by atoms with Crippen molar-refractivity contribution in [3.05, 3.63) is 0 Å². The number of hydrogen-bond donors (Lipinski definition) is 3. The van der Waals surface area contributed by atoms with Crippen molar-refractivity contribution < 1.29 is 80.2 Å². The number of phosphoric acid groups is 2. The van der Waals surface area contributed by atoms with Crippen LogP contribution in [0.2, 0.25) is 0 Å². The van der Waals surface area contributed by atoms with Crippen LogP contribution in [0, 0.1) is 23.7 Å². The first-order chi connectivity index (χ1) is 42.1. The standard InChI is InChI=1S/C69H134O17P2/c1-59(2)45-37-29-21-16-14-12-10-9-11-13-15-17-25-35-43-51-68(73)85-64(55-79-66(71)49-41-33-26-18-22-30-38-46-60(3)4)57-83-87(75,76)81-53-63(70)54-82-88(77,78)84-58-65(86-69(74)52-44-36-28-20-24-32-40-48-62(7)8)56-80-67(72)50-42-34-27-19-23-31-39-47-61(5)6/h59-65,70H,9-58H2,1-8H3,(H,75,76)(H,77,78)/t63?,64-,65-/m1/s1. The van der Waals surface area contributed by atoms with Crippen molar-refractivity contribution in [2.75, 3.05) is 39.6 Å². The van der Waals surface area contributed by atoms with Crippen LogP contribution in [-0.4, -0.2) is 96.7 Å². The molecule has 0 radical (unpaired) electrons. The second-order valence-corrected chi connectivity index (χ2v) is 29.7. The highest BCUT2D eigenvalue weighted by Gasteiger charge is 2.30. The molecule has 0 fully saturated rings. The van der Waals surface area contributed by atoms with Gasteiger partial charge in [0.1, 0.15) is 19.3 Å². The van der Waals surface area contributed by atoms with Crippen molar-refractivity contribution in [3.8, 4) is 0 Å². The van der Waals surface area contributed by atoms with Gasteiger partial charge in [0.25, 0.3) is 0 Å². The maximum atomic E-state index is 13.0. The molecule has 0 aliphatic carbocycles. The number of hydrogen-bond acceptors (Lipinski definition) is 15. The van der Waals surface area contributed by atoms with E-state index >= 15 is 0 Å². The highest BCUT2D eigenvalue weighted by atomic mass is 31.2. The van der Waals surface area contributed by atoms with Gasteiger partial charge in [-0.25, -0.2) is 9.13 Å². The van der Waals surface area contributed by atoms with Crippen LogP contribution in [0.25, 0.3) is 0 Å². The molecule has 17 nitrogen and oxygen atoms in total. The molecule has 88 heavy (non-hydrogen) atoms. The van der Waals surface area contributed by atoms with E-state index < -0.39 is 97.5 Å². The number of ether oxygens (including phenoxy) is 4. The lowest BCUT2D eigenvalue weighted by Crippen LogP contribution is -2.30. The summed E-state index contributed by atoms with van der Waals surface area (Å²) < 4.78 is 68.2.